The molecule has 0 saturated heterocycles. The first-order valence-corrected chi connectivity index (χ1v) is 6.82. The molecule has 23 heavy (non-hydrogen) atoms. The average Bonchev–Trinajstić information content (AvgIpc) is 2.49. The van der Waals surface area contributed by atoms with E-state index < -0.39 is 17.7 Å². The van der Waals surface area contributed by atoms with E-state index in [1.54, 1.807) is 25.1 Å². The van der Waals surface area contributed by atoms with Crippen LogP contribution < -0.4 is 11.1 Å². The molecule has 3 N–H and O–H groups in total. The number of nitrogen functional groups attached to an aromatic ring is 1. The quantitative estimate of drug-likeness (QED) is 0.653. The Kier molecular flexibility index (Phi) is 4.78. The monoisotopic (exact) mass is 324 g/mol. The van der Waals surface area contributed by atoms with Gasteiger partial charge < -0.3 is 15.8 Å². The Morgan fingerprint density at radius 1 is 1.22 bits per heavy atom. The summed E-state index contributed by atoms with van der Waals surface area (Å²) in [5.74, 6) is -0.506. The van der Waals surface area contributed by atoms with Gasteiger partial charge >= 0.3 is 12.1 Å². The lowest BCUT2D eigenvalue weighted by Crippen LogP contribution is -2.07. The Hall–Kier alpha value is -2.70. The van der Waals surface area contributed by atoms with Crippen molar-refractivity contribution in [3.05, 3.63) is 53.6 Å². The van der Waals surface area contributed by atoms with E-state index in [0.29, 0.717) is 11.3 Å². The van der Waals surface area contributed by atoms with Crippen LogP contribution in [0.5, 0.6) is 0 Å². The summed E-state index contributed by atoms with van der Waals surface area (Å²) in [4.78, 5) is 11.7. The molecule has 0 atom stereocenters. The molecule has 0 amide bonds. The van der Waals surface area contributed by atoms with Gasteiger partial charge in [-0.25, -0.2) is 4.79 Å². The molecule has 2 aromatic rings. The Bertz CT molecular complexity index is 715. The highest BCUT2D eigenvalue weighted by Gasteiger charge is 2.30. The van der Waals surface area contributed by atoms with Gasteiger partial charge in [-0.05, 0) is 43.3 Å². The molecule has 2 rings (SSSR count). The molecule has 0 radical (unpaired) electrons. The number of nitrogens with two attached hydrogens (primary N) is 1. The lowest BCUT2D eigenvalue weighted by atomic mass is 10.1. The van der Waals surface area contributed by atoms with E-state index in [4.69, 9.17) is 10.5 Å². The van der Waals surface area contributed by atoms with Gasteiger partial charge in [-0.1, -0.05) is 6.07 Å². The summed E-state index contributed by atoms with van der Waals surface area (Å²) in [5, 5.41) is 2.79. The highest BCUT2D eigenvalue weighted by Crippen LogP contribution is 2.34. The summed E-state index contributed by atoms with van der Waals surface area (Å²) in [6.07, 6.45) is -4.46. The Balaban J connectivity index is 2.29. The Morgan fingerprint density at radius 2 is 1.96 bits per heavy atom. The number of esters is 1. The van der Waals surface area contributed by atoms with Crippen LogP contribution in [0.15, 0.2) is 42.5 Å². The number of ether oxygens (including phenoxy) is 1. The number of benzene rings is 2. The number of hydrogen-bond donors (Lipinski definition) is 2. The third-order valence-corrected chi connectivity index (χ3v) is 3.03. The van der Waals surface area contributed by atoms with Crippen LogP contribution in [0.2, 0.25) is 0 Å². The lowest BCUT2D eigenvalue weighted by molar-refractivity contribution is -0.137. The predicted octanol–water partition coefficient (Wildman–Crippen LogP) is 4.21. The van der Waals surface area contributed by atoms with E-state index >= 15 is 0 Å². The van der Waals surface area contributed by atoms with E-state index in [0.717, 1.165) is 12.1 Å². The number of halogens is 3. The summed E-state index contributed by atoms with van der Waals surface area (Å²) in [6.45, 7) is 1.92. The zero-order valence-electron chi connectivity index (χ0n) is 12.3. The Morgan fingerprint density at radius 3 is 2.61 bits per heavy atom. The van der Waals surface area contributed by atoms with Crippen LogP contribution in [0, 0.1) is 0 Å². The smallest absolute Gasteiger partial charge is 0.416 e. The van der Waals surface area contributed by atoms with E-state index in [1.807, 2.05) is 0 Å². The van der Waals surface area contributed by atoms with Crippen LogP contribution in [0.4, 0.5) is 30.2 Å². The van der Waals surface area contributed by atoms with Crippen molar-refractivity contribution < 1.29 is 22.7 Å². The van der Waals surface area contributed by atoms with Gasteiger partial charge in [0, 0.05) is 5.69 Å². The number of alkyl halides is 3. The largest absolute Gasteiger partial charge is 0.462 e. The fourth-order valence-corrected chi connectivity index (χ4v) is 1.93. The van der Waals surface area contributed by atoms with Crippen molar-refractivity contribution in [3.63, 3.8) is 0 Å². The van der Waals surface area contributed by atoms with Crippen LogP contribution in [-0.4, -0.2) is 12.6 Å². The highest BCUT2D eigenvalue weighted by atomic mass is 19.4. The van der Waals surface area contributed by atoms with Crippen molar-refractivity contribution in [1.82, 2.24) is 0 Å². The van der Waals surface area contributed by atoms with Crippen LogP contribution in [0.3, 0.4) is 0 Å². The fraction of sp³-hybridized carbons (Fsp3) is 0.188. The minimum Gasteiger partial charge on any atom is -0.462 e. The van der Waals surface area contributed by atoms with Crippen molar-refractivity contribution in [2.24, 2.45) is 0 Å². The van der Waals surface area contributed by atoms with Crippen LogP contribution in [-0.2, 0) is 10.9 Å². The summed E-state index contributed by atoms with van der Waals surface area (Å²) >= 11 is 0. The van der Waals surface area contributed by atoms with E-state index in [-0.39, 0.29) is 18.0 Å². The zero-order valence-corrected chi connectivity index (χ0v) is 12.3. The number of nitrogens with one attached hydrogen (secondary N) is 1. The third kappa shape index (κ3) is 4.15. The fourth-order valence-electron chi connectivity index (χ4n) is 1.93. The minimum atomic E-state index is -4.46. The van der Waals surface area contributed by atoms with Crippen LogP contribution >= 0.6 is 0 Å². The second-order valence-electron chi connectivity index (χ2n) is 4.73. The number of rotatable bonds is 4. The van der Waals surface area contributed by atoms with Crippen molar-refractivity contribution in [3.8, 4) is 0 Å². The molecule has 0 heterocycles. The van der Waals surface area contributed by atoms with Crippen molar-refractivity contribution in [1.29, 1.82) is 0 Å². The van der Waals surface area contributed by atoms with Crippen molar-refractivity contribution >= 4 is 23.0 Å². The lowest BCUT2D eigenvalue weighted by Gasteiger charge is -2.13. The van der Waals surface area contributed by atoms with Crippen molar-refractivity contribution in [2.45, 2.75) is 13.1 Å². The average molecular weight is 324 g/mol. The zero-order chi connectivity index (χ0) is 17.0. The molecule has 0 saturated carbocycles. The number of anilines is 3. The summed E-state index contributed by atoms with van der Waals surface area (Å²) in [5.41, 5.74) is 5.90. The van der Waals surface area contributed by atoms with E-state index in [9.17, 15) is 18.0 Å². The van der Waals surface area contributed by atoms with E-state index in [1.165, 1.54) is 12.1 Å². The highest BCUT2D eigenvalue weighted by molar-refractivity contribution is 5.91. The number of carbonyl (C=O) groups is 1. The first-order chi connectivity index (χ1) is 10.8. The molecule has 0 aromatic heterocycles. The molecule has 0 bridgehead atoms. The van der Waals surface area contributed by atoms with Gasteiger partial charge in [-0.15, -0.1) is 0 Å². The molecule has 122 valence electrons. The SMILES string of the molecule is CCOC(=O)c1cccc(Nc2cc(C(F)(F)F)ccc2N)c1. The van der Waals surface area contributed by atoms with Gasteiger partial charge in [0.25, 0.3) is 0 Å². The number of carbonyl (C=O) groups excluding carboxylic acids is 1. The summed E-state index contributed by atoms with van der Waals surface area (Å²) in [7, 11) is 0. The van der Waals surface area contributed by atoms with Crippen LogP contribution in [0.25, 0.3) is 0 Å². The summed E-state index contributed by atoms with van der Waals surface area (Å²) < 4.78 is 43.2. The van der Waals surface area contributed by atoms with E-state index in [2.05, 4.69) is 5.32 Å². The second-order valence-corrected chi connectivity index (χ2v) is 4.73. The maximum atomic E-state index is 12.8. The summed E-state index contributed by atoms with van der Waals surface area (Å²) in [6, 6.07) is 9.26. The molecule has 0 spiro atoms. The van der Waals surface area contributed by atoms with Gasteiger partial charge in [0.05, 0.1) is 29.1 Å². The normalized spacial score (nSPS) is 11.1. The molecule has 4 nitrogen and oxygen atoms in total. The maximum Gasteiger partial charge on any atom is 0.416 e. The van der Waals surface area contributed by atoms with Gasteiger partial charge in [0.1, 0.15) is 0 Å². The van der Waals surface area contributed by atoms with Gasteiger partial charge in [-0.2, -0.15) is 13.2 Å². The standard InChI is InChI=1S/C16H15F3N2O2/c1-2-23-15(22)10-4-3-5-12(8-10)21-14-9-11(16(17,18)19)6-7-13(14)20/h3-9,21H,2,20H2,1H3. The minimum absolute atomic E-state index is 0.112. The number of hydrogen-bond acceptors (Lipinski definition) is 4. The topological polar surface area (TPSA) is 64.3 Å². The first-order valence-electron chi connectivity index (χ1n) is 6.82. The molecule has 0 aliphatic heterocycles. The van der Waals surface area contributed by atoms with Gasteiger partial charge in [-0.3, -0.25) is 0 Å². The molecule has 0 fully saturated rings. The molecular weight excluding hydrogens is 309 g/mol. The molecule has 2 aromatic carbocycles. The van der Waals surface area contributed by atoms with Gasteiger partial charge in [0.2, 0.25) is 0 Å². The molecule has 0 aliphatic carbocycles. The second kappa shape index (κ2) is 6.60. The van der Waals surface area contributed by atoms with Gasteiger partial charge in [0.15, 0.2) is 0 Å². The van der Waals surface area contributed by atoms with Crippen molar-refractivity contribution in [2.75, 3.05) is 17.7 Å². The third-order valence-electron chi connectivity index (χ3n) is 3.03. The first kappa shape index (κ1) is 16.7. The molecule has 0 unspecified atom stereocenters. The molecule has 7 heteroatoms. The maximum absolute atomic E-state index is 12.8. The predicted molar refractivity (Wildman–Crippen MR) is 81.5 cm³/mol. The van der Waals surface area contributed by atoms with Crippen LogP contribution in [0.1, 0.15) is 22.8 Å². The molecule has 0 aliphatic rings. The molecular formula is C16H15F3N2O2. The Labute approximate surface area is 131 Å².